The lowest BCUT2D eigenvalue weighted by Gasteiger charge is -2.17. The summed E-state index contributed by atoms with van der Waals surface area (Å²) in [4.78, 5) is 16.2. The van der Waals surface area contributed by atoms with Crippen molar-refractivity contribution in [2.75, 3.05) is 12.4 Å². The van der Waals surface area contributed by atoms with E-state index in [0.29, 0.717) is 23.4 Å². The summed E-state index contributed by atoms with van der Waals surface area (Å²) in [5.41, 5.74) is 0.0618. The average molecular weight is 348 g/mol. The summed E-state index contributed by atoms with van der Waals surface area (Å²) in [7, 11) is 1.44. The molecule has 3 rings (SSSR count). The summed E-state index contributed by atoms with van der Waals surface area (Å²) >= 11 is 0. The predicted octanol–water partition coefficient (Wildman–Crippen LogP) is 3.59. The first-order valence-corrected chi connectivity index (χ1v) is 8.36. The number of halogens is 1. The van der Waals surface area contributed by atoms with Gasteiger partial charge < -0.3 is 19.9 Å². The van der Waals surface area contributed by atoms with Gasteiger partial charge in [0.1, 0.15) is 11.6 Å². The average Bonchev–Trinajstić information content (AvgIpc) is 3.11. The third-order valence-electron chi connectivity index (χ3n) is 4.28. The fourth-order valence-electron chi connectivity index (χ4n) is 2.91. The molecule has 0 spiro atoms. The minimum absolute atomic E-state index is 0.0618. The monoisotopic (exact) mass is 348 g/mol. The SMILES string of the molecule is COc1ccc(NC(=O)NCc2nc(C3CCCCC3)no2)c(F)c1. The first-order valence-electron chi connectivity index (χ1n) is 8.36. The number of nitrogens with one attached hydrogen (secondary N) is 2. The van der Waals surface area contributed by atoms with Gasteiger partial charge in [0, 0.05) is 12.0 Å². The van der Waals surface area contributed by atoms with Crippen molar-refractivity contribution in [1.29, 1.82) is 0 Å². The minimum Gasteiger partial charge on any atom is -0.497 e. The summed E-state index contributed by atoms with van der Waals surface area (Å²) in [6.07, 6.45) is 5.77. The molecule has 0 atom stereocenters. The Morgan fingerprint density at radius 1 is 1.36 bits per heavy atom. The van der Waals surface area contributed by atoms with Crippen molar-refractivity contribution in [3.8, 4) is 5.75 Å². The van der Waals surface area contributed by atoms with Crippen LogP contribution in [-0.2, 0) is 6.54 Å². The Bertz CT molecular complexity index is 728. The number of hydrogen-bond donors (Lipinski definition) is 2. The minimum atomic E-state index is -0.577. The van der Waals surface area contributed by atoms with E-state index in [2.05, 4.69) is 20.8 Å². The van der Waals surface area contributed by atoms with E-state index in [-0.39, 0.29) is 12.2 Å². The number of benzene rings is 1. The van der Waals surface area contributed by atoms with Gasteiger partial charge in [-0.15, -0.1) is 0 Å². The number of methoxy groups -OCH3 is 1. The third-order valence-corrected chi connectivity index (χ3v) is 4.28. The van der Waals surface area contributed by atoms with Gasteiger partial charge in [-0.3, -0.25) is 0 Å². The Balaban J connectivity index is 1.51. The second kappa shape index (κ2) is 7.96. The Hall–Kier alpha value is -2.64. The highest BCUT2D eigenvalue weighted by molar-refractivity contribution is 5.89. The van der Waals surface area contributed by atoms with Gasteiger partial charge in [0.15, 0.2) is 5.82 Å². The topological polar surface area (TPSA) is 89.3 Å². The molecule has 1 aliphatic carbocycles. The Morgan fingerprint density at radius 2 is 2.16 bits per heavy atom. The molecule has 2 amide bonds. The lowest BCUT2D eigenvalue weighted by Crippen LogP contribution is -2.28. The van der Waals surface area contributed by atoms with Crippen LogP contribution in [0.25, 0.3) is 0 Å². The molecule has 1 heterocycles. The maximum atomic E-state index is 13.8. The lowest BCUT2D eigenvalue weighted by molar-refractivity contribution is 0.249. The van der Waals surface area contributed by atoms with Crippen LogP contribution >= 0.6 is 0 Å². The quantitative estimate of drug-likeness (QED) is 0.862. The molecule has 1 aromatic carbocycles. The van der Waals surface area contributed by atoms with Crippen LogP contribution in [0.3, 0.4) is 0 Å². The number of amides is 2. The number of ether oxygens (including phenoxy) is 1. The van der Waals surface area contributed by atoms with E-state index in [1.54, 1.807) is 6.07 Å². The molecular formula is C17H21FN4O3. The van der Waals surface area contributed by atoms with E-state index in [1.807, 2.05) is 0 Å². The van der Waals surface area contributed by atoms with Crippen LogP contribution in [0, 0.1) is 5.82 Å². The second-order valence-corrected chi connectivity index (χ2v) is 6.03. The fraction of sp³-hybridized carbons (Fsp3) is 0.471. The van der Waals surface area contributed by atoms with Crippen LogP contribution in [0.4, 0.5) is 14.9 Å². The summed E-state index contributed by atoms with van der Waals surface area (Å²) in [6.45, 7) is 0.0866. The molecule has 0 saturated heterocycles. The van der Waals surface area contributed by atoms with E-state index in [9.17, 15) is 9.18 Å². The molecule has 25 heavy (non-hydrogen) atoms. The molecule has 1 fully saturated rings. The molecular weight excluding hydrogens is 327 g/mol. The zero-order chi connectivity index (χ0) is 17.6. The number of anilines is 1. The standard InChI is InChI=1S/C17H21FN4O3/c1-24-12-7-8-14(13(18)9-12)20-17(23)19-10-15-21-16(22-25-15)11-5-3-2-4-6-11/h7-9,11H,2-6,10H2,1H3,(H2,19,20,23). The van der Waals surface area contributed by atoms with Gasteiger partial charge in [0.2, 0.25) is 5.89 Å². The van der Waals surface area contributed by atoms with Gasteiger partial charge in [-0.1, -0.05) is 24.4 Å². The zero-order valence-corrected chi connectivity index (χ0v) is 14.0. The highest BCUT2D eigenvalue weighted by Gasteiger charge is 2.21. The molecule has 0 unspecified atom stereocenters. The normalized spacial score (nSPS) is 15.0. The van der Waals surface area contributed by atoms with E-state index in [0.717, 1.165) is 12.8 Å². The lowest BCUT2D eigenvalue weighted by atomic mass is 9.89. The van der Waals surface area contributed by atoms with E-state index in [1.165, 1.54) is 38.5 Å². The number of aromatic nitrogens is 2. The number of carbonyl (C=O) groups is 1. The van der Waals surface area contributed by atoms with Gasteiger partial charge >= 0.3 is 6.03 Å². The molecule has 8 heteroatoms. The molecule has 0 bridgehead atoms. The number of rotatable bonds is 5. The van der Waals surface area contributed by atoms with Crippen molar-refractivity contribution in [3.05, 3.63) is 35.7 Å². The van der Waals surface area contributed by atoms with Gasteiger partial charge in [0.25, 0.3) is 0 Å². The van der Waals surface area contributed by atoms with Crippen LogP contribution in [0.5, 0.6) is 5.75 Å². The van der Waals surface area contributed by atoms with Crippen LogP contribution < -0.4 is 15.4 Å². The summed E-state index contributed by atoms with van der Waals surface area (Å²) < 4.78 is 23.9. The Labute approximate surface area is 144 Å². The largest absolute Gasteiger partial charge is 0.497 e. The molecule has 2 aromatic rings. The molecule has 0 radical (unpaired) electrons. The van der Waals surface area contributed by atoms with Crippen molar-refractivity contribution in [3.63, 3.8) is 0 Å². The number of hydrogen-bond acceptors (Lipinski definition) is 5. The third kappa shape index (κ3) is 4.46. The van der Waals surface area contributed by atoms with Crippen molar-refractivity contribution in [2.45, 2.75) is 44.6 Å². The molecule has 134 valence electrons. The maximum Gasteiger partial charge on any atom is 0.319 e. The van der Waals surface area contributed by atoms with Crippen molar-refractivity contribution in [1.82, 2.24) is 15.5 Å². The first kappa shape index (κ1) is 17.2. The van der Waals surface area contributed by atoms with Crippen molar-refractivity contribution >= 4 is 11.7 Å². The molecule has 0 aliphatic heterocycles. The van der Waals surface area contributed by atoms with E-state index < -0.39 is 11.8 Å². The summed E-state index contributed by atoms with van der Waals surface area (Å²) in [6, 6.07) is 3.64. The highest BCUT2D eigenvalue weighted by Crippen LogP contribution is 2.30. The fourth-order valence-corrected chi connectivity index (χ4v) is 2.91. The summed E-state index contributed by atoms with van der Waals surface area (Å²) in [5, 5.41) is 9.01. The van der Waals surface area contributed by atoms with E-state index >= 15 is 0 Å². The molecule has 1 saturated carbocycles. The van der Waals surface area contributed by atoms with Crippen LogP contribution in [0.15, 0.2) is 22.7 Å². The van der Waals surface area contributed by atoms with Crippen molar-refractivity contribution < 1.29 is 18.4 Å². The van der Waals surface area contributed by atoms with Gasteiger partial charge in [0.05, 0.1) is 19.3 Å². The number of carbonyl (C=O) groups excluding carboxylic acids is 1. The van der Waals surface area contributed by atoms with Crippen molar-refractivity contribution in [2.24, 2.45) is 0 Å². The molecule has 1 aromatic heterocycles. The predicted molar refractivity (Wildman–Crippen MR) is 88.9 cm³/mol. The second-order valence-electron chi connectivity index (χ2n) is 6.03. The van der Waals surface area contributed by atoms with E-state index in [4.69, 9.17) is 9.26 Å². The Kier molecular flexibility index (Phi) is 5.47. The highest BCUT2D eigenvalue weighted by atomic mass is 19.1. The number of urea groups is 1. The van der Waals surface area contributed by atoms with Crippen LogP contribution in [-0.4, -0.2) is 23.3 Å². The molecule has 2 N–H and O–H groups in total. The van der Waals surface area contributed by atoms with Crippen LogP contribution in [0.1, 0.15) is 49.7 Å². The smallest absolute Gasteiger partial charge is 0.319 e. The molecule has 1 aliphatic rings. The van der Waals surface area contributed by atoms with Gasteiger partial charge in [-0.25, -0.2) is 9.18 Å². The Morgan fingerprint density at radius 3 is 2.88 bits per heavy atom. The van der Waals surface area contributed by atoms with Gasteiger partial charge in [-0.05, 0) is 25.0 Å². The summed E-state index contributed by atoms with van der Waals surface area (Å²) in [5.74, 6) is 1.19. The maximum absolute atomic E-state index is 13.8. The number of nitrogens with zero attached hydrogens (tertiary/aromatic N) is 2. The molecule has 7 nitrogen and oxygen atoms in total. The zero-order valence-electron chi connectivity index (χ0n) is 14.0. The van der Waals surface area contributed by atoms with Gasteiger partial charge in [-0.2, -0.15) is 4.98 Å². The van der Waals surface area contributed by atoms with Crippen LogP contribution in [0.2, 0.25) is 0 Å². The first-order chi connectivity index (χ1) is 12.2.